The summed E-state index contributed by atoms with van der Waals surface area (Å²) < 4.78 is 1.61. The van der Waals surface area contributed by atoms with Crippen molar-refractivity contribution in [1.29, 1.82) is 0 Å². The van der Waals surface area contributed by atoms with Crippen molar-refractivity contribution in [1.82, 2.24) is 15.1 Å². The van der Waals surface area contributed by atoms with Gasteiger partial charge in [0.2, 0.25) is 0 Å². The lowest BCUT2D eigenvalue weighted by molar-refractivity contribution is 0.0954. The van der Waals surface area contributed by atoms with Crippen LogP contribution in [0, 0.1) is 0 Å². The van der Waals surface area contributed by atoms with Crippen LogP contribution in [0.25, 0.3) is 10.4 Å². The van der Waals surface area contributed by atoms with Crippen LogP contribution in [0.3, 0.4) is 0 Å². The molecule has 0 saturated heterocycles. The lowest BCUT2D eigenvalue weighted by Crippen LogP contribution is -2.26. The molecule has 1 aromatic heterocycles. The van der Waals surface area contributed by atoms with Crippen molar-refractivity contribution in [2.75, 3.05) is 13.1 Å². The van der Waals surface area contributed by atoms with Crippen molar-refractivity contribution in [3.05, 3.63) is 27.9 Å². The first-order valence-corrected chi connectivity index (χ1v) is 5.00. The van der Waals surface area contributed by atoms with Crippen LogP contribution in [0.4, 0.5) is 0 Å². The molecule has 0 aliphatic carbocycles. The minimum atomic E-state index is -0.182. The van der Waals surface area contributed by atoms with Crippen LogP contribution < -0.4 is 5.32 Å². The van der Waals surface area contributed by atoms with E-state index in [9.17, 15) is 4.79 Å². The molecule has 7 heteroatoms. The third-order valence-electron chi connectivity index (χ3n) is 2.05. The zero-order chi connectivity index (χ0) is 12.0. The highest BCUT2D eigenvalue weighted by Crippen LogP contribution is 2.06. The fourth-order valence-corrected chi connectivity index (χ4v) is 1.34. The maximum atomic E-state index is 11.7. The minimum Gasteiger partial charge on any atom is -0.352 e. The molecule has 1 rings (SSSR count). The number of nitrogens with zero attached hydrogens (tertiary/aromatic N) is 5. The third-order valence-corrected chi connectivity index (χ3v) is 2.05. The van der Waals surface area contributed by atoms with Crippen LogP contribution in [-0.2, 0) is 13.5 Å². The van der Waals surface area contributed by atoms with Gasteiger partial charge in [0.25, 0.3) is 5.91 Å². The van der Waals surface area contributed by atoms with Gasteiger partial charge >= 0.3 is 0 Å². The summed E-state index contributed by atoms with van der Waals surface area (Å²) in [5.41, 5.74) is 9.41. The highest BCUT2D eigenvalue weighted by Gasteiger charge is 2.13. The fraction of sp³-hybridized carbons (Fsp3) is 0.556. The van der Waals surface area contributed by atoms with Gasteiger partial charge in [0, 0.05) is 31.2 Å². The Bertz CT molecular complexity index is 418. The maximum absolute atomic E-state index is 11.7. The lowest BCUT2D eigenvalue weighted by Gasteiger charge is -2.01. The van der Waals surface area contributed by atoms with Crippen LogP contribution in [0.2, 0.25) is 0 Å². The Morgan fingerprint density at radius 3 is 3.12 bits per heavy atom. The number of hydrogen-bond donors (Lipinski definition) is 1. The van der Waals surface area contributed by atoms with Crippen molar-refractivity contribution in [3.63, 3.8) is 0 Å². The summed E-state index contributed by atoms with van der Waals surface area (Å²) in [5.74, 6) is -0.182. The minimum absolute atomic E-state index is 0.182. The topological polar surface area (TPSA) is 95.7 Å². The SMILES string of the molecule is CCc1nn(C)cc1C(=O)NCCN=[N+]=[N-]. The van der Waals surface area contributed by atoms with Gasteiger partial charge in [-0.1, -0.05) is 12.0 Å². The predicted octanol–water partition coefficient (Wildman–Crippen LogP) is 1.02. The Kier molecular flexibility index (Phi) is 4.35. The van der Waals surface area contributed by atoms with Crippen molar-refractivity contribution in [3.8, 4) is 0 Å². The fourth-order valence-electron chi connectivity index (χ4n) is 1.34. The smallest absolute Gasteiger partial charge is 0.254 e. The molecule has 0 fully saturated rings. The number of azide groups is 1. The van der Waals surface area contributed by atoms with E-state index in [4.69, 9.17) is 5.53 Å². The van der Waals surface area contributed by atoms with Crippen molar-refractivity contribution < 1.29 is 4.79 Å². The molecule has 0 aromatic carbocycles. The summed E-state index contributed by atoms with van der Waals surface area (Å²) in [7, 11) is 1.77. The van der Waals surface area contributed by atoms with Gasteiger partial charge in [-0.05, 0) is 12.0 Å². The predicted molar refractivity (Wildman–Crippen MR) is 58.9 cm³/mol. The molecule has 0 spiro atoms. The van der Waals surface area contributed by atoms with Gasteiger partial charge in [-0.2, -0.15) is 5.10 Å². The zero-order valence-electron chi connectivity index (χ0n) is 9.34. The monoisotopic (exact) mass is 222 g/mol. The molecule has 0 aliphatic rings. The molecule has 16 heavy (non-hydrogen) atoms. The number of aryl methyl sites for hydroxylation is 2. The molecule has 1 N–H and O–H groups in total. The van der Waals surface area contributed by atoms with Crippen molar-refractivity contribution in [2.24, 2.45) is 12.2 Å². The van der Waals surface area contributed by atoms with Crippen LogP contribution in [-0.4, -0.2) is 28.8 Å². The van der Waals surface area contributed by atoms with Crippen molar-refractivity contribution in [2.45, 2.75) is 13.3 Å². The normalized spacial score (nSPS) is 9.62. The van der Waals surface area contributed by atoms with Gasteiger partial charge in [-0.15, -0.1) is 0 Å². The molecule has 0 bridgehead atoms. The van der Waals surface area contributed by atoms with E-state index in [1.165, 1.54) is 0 Å². The van der Waals surface area contributed by atoms with E-state index in [0.717, 1.165) is 5.69 Å². The van der Waals surface area contributed by atoms with E-state index < -0.39 is 0 Å². The highest BCUT2D eigenvalue weighted by molar-refractivity contribution is 5.95. The molecule has 0 saturated carbocycles. The second-order valence-electron chi connectivity index (χ2n) is 3.23. The average molecular weight is 222 g/mol. The highest BCUT2D eigenvalue weighted by atomic mass is 16.1. The molecule has 86 valence electrons. The summed E-state index contributed by atoms with van der Waals surface area (Å²) >= 11 is 0. The Balaban J connectivity index is 2.61. The Labute approximate surface area is 93.1 Å². The first-order valence-electron chi connectivity index (χ1n) is 5.00. The van der Waals surface area contributed by atoms with Gasteiger partial charge in [0.15, 0.2) is 0 Å². The summed E-state index contributed by atoms with van der Waals surface area (Å²) in [6.07, 6.45) is 2.39. The average Bonchev–Trinajstić information content (AvgIpc) is 2.65. The second kappa shape index (κ2) is 5.77. The van der Waals surface area contributed by atoms with Gasteiger partial charge < -0.3 is 5.32 Å². The van der Waals surface area contributed by atoms with E-state index in [1.54, 1.807) is 17.9 Å². The maximum Gasteiger partial charge on any atom is 0.254 e. The Hall–Kier alpha value is -2.01. The Morgan fingerprint density at radius 1 is 1.75 bits per heavy atom. The molecular weight excluding hydrogens is 208 g/mol. The molecule has 7 nitrogen and oxygen atoms in total. The molecule has 0 atom stereocenters. The molecular formula is C9H14N6O. The number of hydrogen-bond acceptors (Lipinski definition) is 3. The lowest BCUT2D eigenvalue weighted by atomic mass is 10.2. The standard InChI is InChI=1S/C9H14N6O/c1-3-8-7(6-15(2)13-8)9(16)11-4-5-12-14-10/h6H,3-5H2,1-2H3,(H,11,16). The number of carbonyl (C=O) groups excluding carboxylic acids is 1. The molecule has 0 unspecified atom stereocenters. The molecule has 1 aromatic rings. The van der Waals surface area contributed by atoms with E-state index in [2.05, 4.69) is 20.4 Å². The van der Waals surface area contributed by atoms with E-state index in [-0.39, 0.29) is 12.5 Å². The zero-order valence-corrected chi connectivity index (χ0v) is 9.34. The van der Waals surface area contributed by atoms with E-state index in [0.29, 0.717) is 18.5 Å². The number of carbonyl (C=O) groups is 1. The number of amides is 1. The summed E-state index contributed by atoms with van der Waals surface area (Å²) in [6.45, 7) is 2.53. The van der Waals surface area contributed by atoms with E-state index in [1.807, 2.05) is 6.92 Å². The van der Waals surface area contributed by atoms with Gasteiger partial charge in [-0.25, -0.2) is 0 Å². The molecule has 1 heterocycles. The van der Waals surface area contributed by atoms with Gasteiger partial charge in [-0.3, -0.25) is 9.48 Å². The first-order chi connectivity index (χ1) is 7.69. The third kappa shape index (κ3) is 2.99. The van der Waals surface area contributed by atoms with Gasteiger partial charge in [0.1, 0.15) is 0 Å². The van der Waals surface area contributed by atoms with E-state index >= 15 is 0 Å². The second-order valence-corrected chi connectivity index (χ2v) is 3.23. The molecule has 0 aliphatic heterocycles. The number of aromatic nitrogens is 2. The number of rotatable bonds is 5. The van der Waals surface area contributed by atoms with Gasteiger partial charge in [0.05, 0.1) is 11.3 Å². The Morgan fingerprint density at radius 2 is 2.50 bits per heavy atom. The largest absolute Gasteiger partial charge is 0.352 e. The molecule has 1 amide bonds. The summed E-state index contributed by atoms with van der Waals surface area (Å²) in [4.78, 5) is 14.3. The quantitative estimate of drug-likeness (QED) is 0.348. The summed E-state index contributed by atoms with van der Waals surface area (Å²) in [6, 6.07) is 0. The molecule has 0 radical (unpaired) electrons. The number of nitrogens with one attached hydrogen (secondary N) is 1. The van der Waals surface area contributed by atoms with Crippen LogP contribution in [0.5, 0.6) is 0 Å². The summed E-state index contributed by atoms with van der Waals surface area (Å²) in [5, 5.41) is 10.2. The van der Waals surface area contributed by atoms with Crippen LogP contribution in [0.1, 0.15) is 23.0 Å². The first kappa shape index (κ1) is 12.1. The van der Waals surface area contributed by atoms with Crippen LogP contribution >= 0.6 is 0 Å². The van der Waals surface area contributed by atoms with Crippen LogP contribution in [0.15, 0.2) is 11.3 Å². The van der Waals surface area contributed by atoms with Crippen molar-refractivity contribution >= 4 is 5.91 Å².